The minimum atomic E-state index is -2.85. The molecule has 0 N–H and O–H groups in total. The largest absolute Gasteiger partial charge is 0.439 e. The lowest BCUT2D eigenvalue weighted by atomic mass is 9.98. The van der Waals surface area contributed by atoms with Crippen molar-refractivity contribution in [2.24, 2.45) is 4.99 Å². The van der Waals surface area contributed by atoms with Gasteiger partial charge in [0.05, 0.1) is 5.71 Å². The molecule has 1 aliphatic heterocycles. The second-order valence-electron chi connectivity index (χ2n) is 6.27. The van der Waals surface area contributed by atoms with Crippen molar-refractivity contribution in [1.29, 1.82) is 0 Å². The Kier molecular flexibility index (Phi) is 4.22. The quantitative estimate of drug-likeness (QED) is 0.696. The summed E-state index contributed by atoms with van der Waals surface area (Å²) in [6.07, 6.45) is 1.85. The van der Waals surface area contributed by atoms with Crippen LogP contribution in [0.3, 0.4) is 0 Å². The predicted octanol–water partition coefficient (Wildman–Crippen LogP) is 5.64. The van der Waals surface area contributed by atoms with Crippen molar-refractivity contribution in [2.75, 3.05) is 0 Å². The second kappa shape index (κ2) is 6.19. The SMILES string of the molecule is CC(C)c1cccc(C2=NC(Oc3ccc(C(C)(F)F)cc3)=C2)c1. The Balaban J connectivity index is 1.66. The number of ether oxygens (including phenoxy) is 1. The van der Waals surface area contributed by atoms with Crippen molar-refractivity contribution in [2.45, 2.75) is 32.6 Å². The summed E-state index contributed by atoms with van der Waals surface area (Å²) in [5.74, 6) is -1.41. The Morgan fingerprint density at radius 1 is 1.04 bits per heavy atom. The zero-order valence-electron chi connectivity index (χ0n) is 13.9. The van der Waals surface area contributed by atoms with Gasteiger partial charge in [0.1, 0.15) is 5.75 Å². The standard InChI is InChI=1S/C20H19F2NO/c1-13(2)14-5-4-6-15(11-14)18-12-19(23-18)24-17-9-7-16(8-10-17)20(3,21)22/h4-13H,1-3H3. The van der Waals surface area contributed by atoms with Gasteiger partial charge in [-0.25, -0.2) is 13.8 Å². The first kappa shape index (κ1) is 16.4. The fraction of sp³-hybridized carbons (Fsp3) is 0.250. The van der Waals surface area contributed by atoms with E-state index in [1.54, 1.807) is 0 Å². The van der Waals surface area contributed by atoms with Gasteiger partial charge in [0.2, 0.25) is 5.88 Å². The van der Waals surface area contributed by atoms with Gasteiger partial charge in [-0.15, -0.1) is 0 Å². The van der Waals surface area contributed by atoms with Crippen LogP contribution in [-0.2, 0) is 5.92 Å². The van der Waals surface area contributed by atoms with Crippen molar-refractivity contribution >= 4 is 5.71 Å². The van der Waals surface area contributed by atoms with E-state index in [1.807, 2.05) is 18.2 Å². The first-order chi connectivity index (χ1) is 11.3. The minimum Gasteiger partial charge on any atom is -0.439 e. The molecule has 24 heavy (non-hydrogen) atoms. The molecule has 1 heterocycles. The molecule has 0 atom stereocenters. The molecule has 0 radical (unpaired) electrons. The van der Waals surface area contributed by atoms with Crippen LogP contribution in [0, 0.1) is 0 Å². The van der Waals surface area contributed by atoms with Crippen molar-refractivity contribution in [3.8, 4) is 5.75 Å². The van der Waals surface area contributed by atoms with Crippen LogP contribution in [0.25, 0.3) is 0 Å². The van der Waals surface area contributed by atoms with E-state index in [2.05, 4.69) is 31.0 Å². The third-order valence-electron chi connectivity index (χ3n) is 3.92. The number of allylic oxidation sites excluding steroid dienone is 1. The monoisotopic (exact) mass is 327 g/mol. The maximum atomic E-state index is 13.2. The summed E-state index contributed by atoms with van der Waals surface area (Å²) >= 11 is 0. The van der Waals surface area contributed by atoms with E-state index in [0.717, 1.165) is 18.2 Å². The number of hydrogen-bond donors (Lipinski definition) is 0. The first-order valence-corrected chi connectivity index (χ1v) is 7.90. The normalized spacial score (nSPS) is 14.1. The highest BCUT2D eigenvalue weighted by atomic mass is 19.3. The van der Waals surface area contributed by atoms with E-state index in [0.29, 0.717) is 17.6 Å². The number of hydrogen-bond acceptors (Lipinski definition) is 2. The van der Waals surface area contributed by atoms with Crippen molar-refractivity contribution in [3.63, 3.8) is 0 Å². The van der Waals surface area contributed by atoms with Crippen LogP contribution in [0.5, 0.6) is 5.75 Å². The molecule has 2 nitrogen and oxygen atoms in total. The van der Waals surface area contributed by atoms with Gasteiger partial charge in [-0.1, -0.05) is 32.0 Å². The van der Waals surface area contributed by atoms with E-state index in [4.69, 9.17) is 4.74 Å². The number of halogens is 2. The Morgan fingerprint density at radius 3 is 2.29 bits per heavy atom. The Hall–Kier alpha value is -2.49. The molecule has 4 heteroatoms. The van der Waals surface area contributed by atoms with Crippen LogP contribution < -0.4 is 4.74 Å². The van der Waals surface area contributed by atoms with Gasteiger partial charge in [-0.2, -0.15) is 0 Å². The zero-order chi connectivity index (χ0) is 17.3. The van der Waals surface area contributed by atoms with Crippen LogP contribution in [0.4, 0.5) is 8.78 Å². The average molecular weight is 327 g/mol. The summed E-state index contributed by atoms with van der Waals surface area (Å²) in [5.41, 5.74) is 3.14. The predicted molar refractivity (Wildman–Crippen MR) is 91.8 cm³/mol. The van der Waals surface area contributed by atoms with Crippen molar-refractivity contribution in [3.05, 3.63) is 77.2 Å². The topological polar surface area (TPSA) is 21.6 Å². The molecule has 0 spiro atoms. The van der Waals surface area contributed by atoms with E-state index in [1.165, 1.54) is 29.8 Å². The van der Waals surface area contributed by atoms with Gasteiger partial charge in [-0.05, 0) is 41.8 Å². The molecule has 2 aromatic carbocycles. The minimum absolute atomic E-state index is 0.0351. The molecule has 0 aliphatic carbocycles. The molecular weight excluding hydrogens is 308 g/mol. The maximum absolute atomic E-state index is 13.2. The van der Waals surface area contributed by atoms with Crippen LogP contribution in [0.2, 0.25) is 0 Å². The molecule has 0 aromatic heterocycles. The average Bonchev–Trinajstić information content (AvgIpc) is 2.50. The summed E-state index contributed by atoms with van der Waals surface area (Å²) in [7, 11) is 0. The number of aliphatic imine (C=N–C) groups is 1. The molecule has 0 saturated heterocycles. The third kappa shape index (κ3) is 3.53. The molecule has 124 valence electrons. The van der Waals surface area contributed by atoms with Crippen LogP contribution in [0.15, 0.2) is 65.5 Å². The van der Waals surface area contributed by atoms with Crippen LogP contribution >= 0.6 is 0 Å². The van der Waals surface area contributed by atoms with Gasteiger partial charge in [0.15, 0.2) is 0 Å². The smallest absolute Gasteiger partial charge is 0.270 e. The molecular formula is C20H19F2NO. The Bertz CT molecular complexity index is 799. The third-order valence-corrected chi connectivity index (χ3v) is 3.92. The summed E-state index contributed by atoms with van der Waals surface area (Å²) < 4.78 is 31.9. The van der Waals surface area contributed by atoms with E-state index < -0.39 is 5.92 Å². The molecule has 0 saturated carbocycles. The highest BCUT2D eigenvalue weighted by Crippen LogP contribution is 2.29. The van der Waals surface area contributed by atoms with Gasteiger partial charge < -0.3 is 4.74 Å². The molecule has 0 bridgehead atoms. The lowest BCUT2D eigenvalue weighted by molar-refractivity contribution is 0.0174. The Morgan fingerprint density at radius 2 is 1.71 bits per heavy atom. The summed E-state index contributed by atoms with van der Waals surface area (Å²) in [6.45, 7) is 5.17. The number of benzene rings is 2. The molecule has 1 aliphatic rings. The van der Waals surface area contributed by atoms with Crippen LogP contribution in [0.1, 0.15) is 43.4 Å². The molecule has 0 amide bonds. The lowest BCUT2D eigenvalue weighted by Crippen LogP contribution is -2.12. The summed E-state index contributed by atoms with van der Waals surface area (Å²) in [6, 6.07) is 14.0. The van der Waals surface area contributed by atoms with Crippen LogP contribution in [-0.4, -0.2) is 5.71 Å². The van der Waals surface area contributed by atoms with E-state index >= 15 is 0 Å². The number of alkyl halides is 2. The molecule has 0 fully saturated rings. The van der Waals surface area contributed by atoms with E-state index in [9.17, 15) is 8.78 Å². The lowest BCUT2D eigenvalue weighted by Gasteiger charge is -2.17. The molecule has 2 aromatic rings. The zero-order valence-corrected chi connectivity index (χ0v) is 13.9. The van der Waals surface area contributed by atoms with Gasteiger partial charge in [-0.3, -0.25) is 0 Å². The van der Waals surface area contributed by atoms with Gasteiger partial charge in [0.25, 0.3) is 5.92 Å². The highest BCUT2D eigenvalue weighted by molar-refractivity contribution is 6.12. The van der Waals surface area contributed by atoms with E-state index in [-0.39, 0.29) is 5.56 Å². The van der Waals surface area contributed by atoms with Crippen molar-refractivity contribution in [1.82, 2.24) is 0 Å². The fourth-order valence-corrected chi connectivity index (χ4v) is 2.43. The summed E-state index contributed by atoms with van der Waals surface area (Å²) in [4.78, 5) is 4.37. The number of nitrogens with zero attached hydrogens (tertiary/aromatic N) is 1. The second-order valence-corrected chi connectivity index (χ2v) is 6.27. The molecule has 3 rings (SSSR count). The Labute approximate surface area is 140 Å². The highest BCUT2D eigenvalue weighted by Gasteiger charge is 2.24. The van der Waals surface area contributed by atoms with Gasteiger partial charge >= 0.3 is 0 Å². The van der Waals surface area contributed by atoms with Crippen molar-refractivity contribution < 1.29 is 13.5 Å². The fourth-order valence-electron chi connectivity index (χ4n) is 2.43. The summed E-state index contributed by atoms with van der Waals surface area (Å²) in [5, 5.41) is 0. The maximum Gasteiger partial charge on any atom is 0.270 e. The first-order valence-electron chi connectivity index (χ1n) is 7.90. The number of rotatable bonds is 5. The molecule has 0 unspecified atom stereocenters. The van der Waals surface area contributed by atoms with Gasteiger partial charge in [0, 0.05) is 24.1 Å².